The van der Waals surface area contributed by atoms with Crippen LogP contribution >= 0.6 is 0 Å². The van der Waals surface area contributed by atoms with Gasteiger partial charge in [0.15, 0.2) is 0 Å². The predicted octanol–water partition coefficient (Wildman–Crippen LogP) is 5.29. The molecule has 2 N–H and O–H groups in total. The number of rotatable bonds is 6. The maximum absolute atomic E-state index is 13.5. The van der Waals surface area contributed by atoms with Crippen molar-refractivity contribution in [1.82, 2.24) is 4.57 Å². The van der Waals surface area contributed by atoms with Gasteiger partial charge in [-0.3, -0.25) is 4.79 Å². The lowest BCUT2D eigenvalue weighted by atomic mass is 10.0. The first-order valence-electron chi connectivity index (χ1n) is 9.35. The number of methoxy groups -OCH3 is 1. The number of carbonyl (C=O) groups excluding carboxylic acids is 1. The molecule has 0 bridgehead atoms. The molecule has 6 nitrogen and oxygen atoms in total. The van der Waals surface area contributed by atoms with Gasteiger partial charge in [-0.2, -0.15) is 26.3 Å². The number of carboxylic acid groups (broad SMARTS) is 1. The molecular weight excluding hydrogens is 472 g/mol. The van der Waals surface area contributed by atoms with Crippen LogP contribution in [-0.2, 0) is 28.5 Å². The number of ether oxygens (including phenoxy) is 1. The minimum Gasteiger partial charge on any atom is -0.507 e. The molecule has 0 saturated carbocycles. The fourth-order valence-electron chi connectivity index (χ4n) is 3.34. The van der Waals surface area contributed by atoms with Crippen molar-refractivity contribution in [2.45, 2.75) is 18.9 Å². The summed E-state index contributed by atoms with van der Waals surface area (Å²) < 4.78 is 85.8. The summed E-state index contributed by atoms with van der Waals surface area (Å²) in [5, 5.41) is 19.3. The Morgan fingerprint density at radius 1 is 1.00 bits per heavy atom. The Morgan fingerprint density at radius 2 is 1.68 bits per heavy atom. The Labute approximate surface area is 187 Å². The van der Waals surface area contributed by atoms with Crippen LogP contribution in [0, 0.1) is 0 Å². The molecule has 1 heterocycles. The lowest BCUT2D eigenvalue weighted by Crippen LogP contribution is -2.15. The topological polar surface area (TPSA) is 88.8 Å². The van der Waals surface area contributed by atoms with Gasteiger partial charge in [0.05, 0.1) is 18.2 Å². The summed E-state index contributed by atoms with van der Waals surface area (Å²) >= 11 is 0. The fraction of sp³-hybridized carbons (Fsp3) is 0.182. The molecule has 0 saturated heterocycles. The normalized spacial score (nSPS) is 12.7. The summed E-state index contributed by atoms with van der Waals surface area (Å²) in [6.07, 6.45) is -8.47. The molecule has 0 spiro atoms. The monoisotopic (exact) mass is 487 g/mol. The van der Waals surface area contributed by atoms with E-state index in [1.165, 1.54) is 29.9 Å². The van der Waals surface area contributed by atoms with E-state index in [9.17, 15) is 41.0 Å². The van der Waals surface area contributed by atoms with Gasteiger partial charge in [-0.05, 0) is 35.9 Å². The molecule has 2 aromatic carbocycles. The third-order valence-corrected chi connectivity index (χ3v) is 4.93. The Kier molecular flexibility index (Phi) is 6.36. The number of carboxylic acids is 1. The number of ketones is 1. The number of benzene rings is 2. The SMILES string of the molecule is COc1ccc2c(c1)c(C(O)=CC(=O)C(=O)O)cn2Cc1ccc(C(F)(F)F)cc1C(F)(F)F. The van der Waals surface area contributed by atoms with Gasteiger partial charge < -0.3 is 19.5 Å². The highest BCUT2D eigenvalue weighted by molar-refractivity contribution is 6.38. The highest BCUT2D eigenvalue weighted by atomic mass is 19.4. The lowest BCUT2D eigenvalue weighted by Gasteiger charge is -2.17. The number of aromatic nitrogens is 1. The summed E-state index contributed by atoms with van der Waals surface area (Å²) in [6, 6.07) is 5.56. The number of nitrogens with zero attached hydrogens (tertiary/aromatic N) is 1. The van der Waals surface area contributed by atoms with E-state index in [1.807, 2.05) is 0 Å². The van der Waals surface area contributed by atoms with Gasteiger partial charge in [0, 0.05) is 35.3 Å². The Bertz CT molecular complexity index is 1300. The minimum atomic E-state index is -5.08. The van der Waals surface area contributed by atoms with Crippen LogP contribution in [0.15, 0.2) is 48.7 Å². The fourth-order valence-corrected chi connectivity index (χ4v) is 3.34. The van der Waals surface area contributed by atoms with Crippen molar-refractivity contribution in [3.8, 4) is 5.75 Å². The molecule has 0 unspecified atom stereocenters. The van der Waals surface area contributed by atoms with Gasteiger partial charge in [0.25, 0.3) is 5.78 Å². The first-order valence-corrected chi connectivity index (χ1v) is 9.35. The van der Waals surface area contributed by atoms with E-state index in [4.69, 9.17) is 9.84 Å². The second-order valence-electron chi connectivity index (χ2n) is 7.12. The van der Waals surface area contributed by atoms with E-state index in [1.54, 1.807) is 0 Å². The van der Waals surface area contributed by atoms with E-state index >= 15 is 0 Å². The maximum atomic E-state index is 13.5. The zero-order valence-corrected chi connectivity index (χ0v) is 17.2. The van der Waals surface area contributed by atoms with Crippen molar-refractivity contribution in [2.75, 3.05) is 7.11 Å². The molecule has 12 heteroatoms. The van der Waals surface area contributed by atoms with E-state index in [2.05, 4.69) is 0 Å². The van der Waals surface area contributed by atoms with E-state index in [0.717, 1.165) is 6.20 Å². The molecule has 0 radical (unpaired) electrons. The molecule has 3 aromatic rings. The largest absolute Gasteiger partial charge is 0.507 e. The standard InChI is InChI=1S/C22H15F6NO5/c1-34-13-4-5-17-14(7-13)15(18(30)8-19(31)20(32)33)10-29(17)9-11-2-3-12(21(23,24)25)6-16(11)22(26,27)28/h2-8,10,30H,9H2,1H3,(H,32,33). The molecule has 0 aliphatic heterocycles. The average Bonchev–Trinajstić information content (AvgIpc) is 3.10. The Morgan fingerprint density at radius 3 is 2.24 bits per heavy atom. The number of halogens is 6. The quantitative estimate of drug-likeness (QED) is 0.214. The number of fused-ring (bicyclic) bond motifs is 1. The Balaban J connectivity index is 2.18. The molecular formula is C22H15F6NO5. The van der Waals surface area contributed by atoms with Crippen molar-refractivity contribution >= 4 is 28.4 Å². The second-order valence-corrected chi connectivity index (χ2v) is 7.12. The van der Waals surface area contributed by atoms with Crippen LogP contribution in [-0.4, -0.2) is 33.6 Å². The zero-order chi connectivity index (χ0) is 25.4. The van der Waals surface area contributed by atoms with E-state index < -0.39 is 53.1 Å². The van der Waals surface area contributed by atoms with Gasteiger partial charge in [-0.15, -0.1) is 0 Å². The van der Waals surface area contributed by atoms with Gasteiger partial charge in [0.2, 0.25) is 0 Å². The third kappa shape index (κ3) is 5.00. The van der Waals surface area contributed by atoms with Crippen LogP contribution in [0.1, 0.15) is 22.3 Å². The Hall–Kier alpha value is -3.96. The van der Waals surface area contributed by atoms with Gasteiger partial charge in [0.1, 0.15) is 11.5 Å². The van der Waals surface area contributed by atoms with Crippen LogP contribution in [0.25, 0.3) is 16.7 Å². The molecule has 0 amide bonds. The second kappa shape index (κ2) is 8.76. The maximum Gasteiger partial charge on any atom is 0.416 e. The molecule has 0 aliphatic carbocycles. The number of hydrogen-bond donors (Lipinski definition) is 2. The molecule has 180 valence electrons. The number of aliphatic carboxylic acids is 1. The average molecular weight is 487 g/mol. The van der Waals surface area contributed by atoms with Crippen molar-refractivity contribution < 1.29 is 50.9 Å². The van der Waals surface area contributed by atoms with Gasteiger partial charge >= 0.3 is 18.3 Å². The van der Waals surface area contributed by atoms with Crippen molar-refractivity contribution in [3.05, 3.63) is 70.9 Å². The first-order chi connectivity index (χ1) is 15.7. The lowest BCUT2D eigenvalue weighted by molar-refractivity contribution is -0.146. The van der Waals surface area contributed by atoms with E-state index in [-0.39, 0.29) is 28.3 Å². The first kappa shape index (κ1) is 24.7. The molecule has 1 aromatic heterocycles. The smallest absolute Gasteiger partial charge is 0.416 e. The summed E-state index contributed by atoms with van der Waals surface area (Å²) in [5.41, 5.74) is -3.28. The summed E-state index contributed by atoms with van der Waals surface area (Å²) in [7, 11) is 1.33. The summed E-state index contributed by atoms with van der Waals surface area (Å²) in [4.78, 5) is 22.3. The van der Waals surface area contributed by atoms with Gasteiger partial charge in [-0.25, -0.2) is 4.79 Å². The summed E-state index contributed by atoms with van der Waals surface area (Å²) in [6.45, 7) is -0.546. The summed E-state index contributed by atoms with van der Waals surface area (Å²) in [5.74, 6) is -3.77. The molecule has 0 aliphatic rings. The van der Waals surface area contributed by atoms with Gasteiger partial charge in [-0.1, -0.05) is 6.07 Å². The van der Waals surface area contributed by atoms with Crippen LogP contribution in [0.4, 0.5) is 26.3 Å². The van der Waals surface area contributed by atoms with Crippen molar-refractivity contribution in [3.63, 3.8) is 0 Å². The van der Waals surface area contributed by atoms with Crippen LogP contribution < -0.4 is 4.74 Å². The van der Waals surface area contributed by atoms with Crippen LogP contribution in [0.5, 0.6) is 5.75 Å². The minimum absolute atomic E-state index is 0.0217. The van der Waals surface area contributed by atoms with Crippen LogP contribution in [0.2, 0.25) is 0 Å². The molecule has 0 atom stereocenters. The third-order valence-electron chi connectivity index (χ3n) is 4.93. The molecule has 3 rings (SSSR count). The predicted molar refractivity (Wildman–Crippen MR) is 107 cm³/mol. The number of alkyl halides is 6. The number of aliphatic hydroxyl groups is 1. The van der Waals surface area contributed by atoms with E-state index in [0.29, 0.717) is 18.2 Å². The number of aliphatic hydroxyl groups excluding tert-OH is 1. The van der Waals surface area contributed by atoms with Crippen molar-refractivity contribution in [1.29, 1.82) is 0 Å². The van der Waals surface area contributed by atoms with Crippen LogP contribution in [0.3, 0.4) is 0 Å². The zero-order valence-electron chi connectivity index (χ0n) is 17.2. The van der Waals surface area contributed by atoms with Crippen molar-refractivity contribution in [2.24, 2.45) is 0 Å². The highest BCUT2D eigenvalue weighted by Gasteiger charge is 2.38. The highest BCUT2D eigenvalue weighted by Crippen LogP contribution is 2.38. The number of carbonyl (C=O) groups is 2. The molecule has 0 fully saturated rings. The molecule has 34 heavy (non-hydrogen) atoms. The number of hydrogen-bond acceptors (Lipinski definition) is 4.